The van der Waals surface area contributed by atoms with Gasteiger partial charge in [0.05, 0.1) is 19.3 Å². The number of esters is 1. The number of hydrogen-bond acceptors (Lipinski definition) is 7. The summed E-state index contributed by atoms with van der Waals surface area (Å²) >= 11 is 0. The van der Waals surface area contributed by atoms with E-state index in [0.717, 1.165) is 0 Å². The Hall–Kier alpha value is -2.77. The van der Waals surface area contributed by atoms with Gasteiger partial charge in [-0.2, -0.15) is 10.3 Å². The Labute approximate surface area is 120 Å². The number of methoxy groups -OCH3 is 1. The number of benzene rings is 1. The molecule has 0 spiro atoms. The number of fused-ring (bicyclic) bond motifs is 1. The van der Waals surface area contributed by atoms with Crippen LogP contribution in [-0.4, -0.2) is 41.9 Å². The maximum atomic E-state index is 11.9. The molecule has 1 N–H and O–H groups in total. The molecular weight excluding hydrogens is 278 g/mol. The van der Waals surface area contributed by atoms with Crippen molar-refractivity contribution in [2.45, 2.75) is 6.92 Å². The number of carbonyl (C=O) groups is 1. The Morgan fingerprint density at radius 1 is 1.33 bits per heavy atom. The number of ether oxygens (including phenoxy) is 4. The number of rotatable bonds is 4. The molecule has 1 aromatic carbocycles. The van der Waals surface area contributed by atoms with Crippen LogP contribution in [0.3, 0.4) is 0 Å². The molecule has 0 unspecified atom stereocenters. The topological polar surface area (TPSA) is 95.6 Å². The number of nitrogens with one attached hydrogen (secondary N) is 1. The second kappa shape index (κ2) is 5.31. The maximum Gasteiger partial charge on any atom is 0.361 e. The van der Waals surface area contributed by atoms with Crippen molar-refractivity contribution >= 4 is 5.97 Å². The third-order valence-electron chi connectivity index (χ3n) is 2.97. The molecule has 8 nitrogen and oxygen atoms in total. The van der Waals surface area contributed by atoms with Crippen molar-refractivity contribution in [2.75, 3.05) is 20.5 Å². The number of aromatic nitrogens is 3. The molecule has 0 aliphatic carbocycles. The predicted octanol–water partition coefficient (Wildman–Crippen LogP) is 1.39. The highest BCUT2D eigenvalue weighted by Crippen LogP contribution is 2.42. The summed E-state index contributed by atoms with van der Waals surface area (Å²) < 4.78 is 20.9. The molecule has 0 amide bonds. The van der Waals surface area contributed by atoms with Crippen LogP contribution in [0.15, 0.2) is 12.1 Å². The minimum absolute atomic E-state index is 0.0917. The van der Waals surface area contributed by atoms with Gasteiger partial charge in [0, 0.05) is 6.07 Å². The average Bonchev–Trinajstić information content (AvgIpc) is 3.14. The summed E-state index contributed by atoms with van der Waals surface area (Å²) in [5.74, 6) is 1.08. The van der Waals surface area contributed by atoms with Gasteiger partial charge >= 0.3 is 5.97 Å². The van der Waals surface area contributed by atoms with Crippen LogP contribution in [0.2, 0.25) is 0 Å². The summed E-state index contributed by atoms with van der Waals surface area (Å²) in [5.41, 5.74) is 0.996. The SMILES string of the molecule is CCOC(=O)c1n[nH]nc1-c1cc2c(cc1OC)OCO2. The highest BCUT2D eigenvalue weighted by atomic mass is 16.7. The van der Waals surface area contributed by atoms with Crippen molar-refractivity contribution in [1.82, 2.24) is 15.4 Å². The normalized spacial score (nSPS) is 12.3. The zero-order valence-electron chi connectivity index (χ0n) is 11.5. The van der Waals surface area contributed by atoms with Crippen molar-refractivity contribution in [3.8, 4) is 28.5 Å². The van der Waals surface area contributed by atoms with E-state index in [1.165, 1.54) is 7.11 Å². The fraction of sp³-hybridized carbons (Fsp3) is 0.308. The van der Waals surface area contributed by atoms with Crippen LogP contribution in [0.25, 0.3) is 11.3 Å². The summed E-state index contributed by atoms with van der Waals surface area (Å²) in [4.78, 5) is 11.9. The van der Waals surface area contributed by atoms with E-state index < -0.39 is 5.97 Å². The van der Waals surface area contributed by atoms with Crippen LogP contribution in [0, 0.1) is 0 Å². The molecule has 110 valence electrons. The first-order valence-electron chi connectivity index (χ1n) is 6.30. The summed E-state index contributed by atoms with van der Waals surface area (Å²) in [6.45, 7) is 2.12. The number of carbonyl (C=O) groups excluding carboxylic acids is 1. The molecular formula is C13H13N3O5. The lowest BCUT2D eigenvalue weighted by molar-refractivity contribution is 0.0520. The Bertz CT molecular complexity index is 682. The molecule has 2 heterocycles. The highest BCUT2D eigenvalue weighted by molar-refractivity contribution is 5.95. The van der Waals surface area contributed by atoms with E-state index in [-0.39, 0.29) is 19.1 Å². The third kappa shape index (κ3) is 2.24. The molecule has 0 radical (unpaired) electrons. The Balaban J connectivity index is 2.09. The molecule has 0 atom stereocenters. The quantitative estimate of drug-likeness (QED) is 0.850. The van der Waals surface area contributed by atoms with Crippen LogP contribution in [0.1, 0.15) is 17.4 Å². The van der Waals surface area contributed by atoms with Gasteiger partial charge in [0.1, 0.15) is 11.4 Å². The molecule has 0 saturated heterocycles. The number of hydrogen-bond donors (Lipinski definition) is 1. The second-order valence-corrected chi connectivity index (χ2v) is 4.15. The number of nitrogens with zero attached hydrogens (tertiary/aromatic N) is 2. The van der Waals surface area contributed by atoms with Gasteiger partial charge in [0.15, 0.2) is 17.2 Å². The first kappa shape index (κ1) is 13.2. The fourth-order valence-corrected chi connectivity index (χ4v) is 2.04. The van der Waals surface area contributed by atoms with Crippen molar-refractivity contribution in [3.63, 3.8) is 0 Å². The van der Waals surface area contributed by atoms with E-state index in [9.17, 15) is 4.79 Å². The molecule has 0 saturated carbocycles. The van der Waals surface area contributed by atoms with E-state index in [0.29, 0.717) is 28.5 Å². The van der Waals surface area contributed by atoms with E-state index in [1.54, 1.807) is 19.1 Å². The van der Waals surface area contributed by atoms with Gasteiger partial charge in [-0.1, -0.05) is 0 Å². The van der Waals surface area contributed by atoms with E-state index in [2.05, 4.69) is 15.4 Å². The molecule has 1 aliphatic rings. The molecule has 0 fully saturated rings. The van der Waals surface area contributed by atoms with Gasteiger partial charge in [0.2, 0.25) is 6.79 Å². The molecule has 0 bridgehead atoms. The summed E-state index contributed by atoms with van der Waals surface area (Å²) in [6.07, 6.45) is 0. The number of aromatic amines is 1. The molecule has 3 rings (SSSR count). The lowest BCUT2D eigenvalue weighted by Crippen LogP contribution is -2.07. The van der Waals surface area contributed by atoms with Crippen LogP contribution >= 0.6 is 0 Å². The molecule has 8 heteroatoms. The summed E-state index contributed by atoms with van der Waals surface area (Å²) in [6, 6.07) is 3.38. The van der Waals surface area contributed by atoms with E-state index in [4.69, 9.17) is 18.9 Å². The zero-order valence-corrected chi connectivity index (χ0v) is 11.5. The van der Waals surface area contributed by atoms with Crippen LogP contribution in [0.5, 0.6) is 17.2 Å². The van der Waals surface area contributed by atoms with Crippen LogP contribution < -0.4 is 14.2 Å². The van der Waals surface area contributed by atoms with Gasteiger partial charge in [0.25, 0.3) is 0 Å². The van der Waals surface area contributed by atoms with Crippen molar-refractivity contribution in [2.24, 2.45) is 0 Å². The first-order valence-corrected chi connectivity index (χ1v) is 6.30. The smallest absolute Gasteiger partial charge is 0.361 e. The van der Waals surface area contributed by atoms with Crippen LogP contribution in [0.4, 0.5) is 0 Å². The maximum absolute atomic E-state index is 11.9. The highest BCUT2D eigenvalue weighted by Gasteiger charge is 2.25. The Kier molecular flexibility index (Phi) is 3.35. The molecule has 21 heavy (non-hydrogen) atoms. The van der Waals surface area contributed by atoms with Gasteiger partial charge < -0.3 is 18.9 Å². The largest absolute Gasteiger partial charge is 0.496 e. The van der Waals surface area contributed by atoms with Gasteiger partial charge in [-0.05, 0) is 13.0 Å². The summed E-state index contributed by atoms with van der Waals surface area (Å²) in [7, 11) is 1.52. The predicted molar refractivity (Wildman–Crippen MR) is 70.5 cm³/mol. The first-order chi connectivity index (χ1) is 10.2. The zero-order chi connectivity index (χ0) is 14.8. The monoisotopic (exact) mass is 291 g/mol. The fourth-order valence-electron chi connectivity index (χ4n) is 2.04. The summed E-state index contributed by atoms with van der Waals surface area (Å²) in [5, 5.41) is 10.3. The average molecular weight is 291 g/mol. The van der Waals surface area contributed by atoms with E-state index >= 15 is 0 Å². The van der Waals surface area contributed by atoms with Crippen LogP contribution in [-0.2, 0) is 4.74 Å². The van der Waals surface area contributed by atoms with Crippen molar-refractivity contribution < 1.29 is 23.7 Å². The van der Waals surface area contributed by atoms with Gasteiger partial charge in [-0.25, -0.2) is 4.79 Å². The molecule has 1 aromatic heterocycles. The third-order valence-corrected chi connectivity index (χ3v) is 2.97. The lowest BCUT2D eigenvalue weighted by Gasteiger charge is -2.08. The van der Waals surface area contributed by atoms with E-state index in [1.807, 2.05) is 0 Å². The standard InChI is InChI=1S/C13H13N3O5/c1-3-19-13(17)12-11(14-16-15-12)7-4-9-10(21-6-20-9)5-8(7)18-2/h4-5H,3,6H2,1-2H3,(H,14,15,16). The lowest BCUT2D eigenvalue weighted by atomic mass is 10.1. The van der Waals surface area contributed by atoms with Gasteiger partial charge in [-0.3, -0.25) is 0 Å². The Morgan fingerprint density at radius 2 is 2.10 bits per heavy atom. The Morgan fingerprint density at radius 3 is 2.81 bits per heavy atom. The number of H-pyrrole nitrogens is 1. The minimum atomic E-state index is -0.555. The second-order valence-electron chi connectivity index (χ2n) is 4.15. The van der Waals surface area contributed by atoms with Gasteiger partial charge in [-0.15, -0.1) is 5.10 Å². The van der Waals surface area contributed by atoms with Crippen molar-refractivity contribution in [1.29, 1.82) is 0 Å². The molecule has 2 aromatic rings. The van der Waals surface area contributed by atoms with Crippen molar-refractivity contribution in [3.05, 3.63) is 17.8 Å². The minimum Gasteiger partial charge on any atom is -0.496 e. The molecule has 1 aliphatic heterocycles.